The summed E-state index contributed by atoms with van der Waals surface area (Å²) in [5.41, 5.74) is 1.82. The van der Waals surface area contributed by atoms with Crippen molar-refractivity contribution < 1.29 is 23.5 Å². The molecule has 1 aliphatic heterocycles. The molecule has 6 rings (SSSR count). The van der Waals surface area contributed by atoms with Crippen LogP contribution < -0.4 is 10.6 Å². The van der Waals surface area contributed by atoms with Gasteiger partial charge in [0.2, 0.25) is 5.91 Å². The lowest BCUT2D eigenvalue weighted by atomic mass is 9.98. The standard InChI is InChI=1S/C32H35FN6O4/c1-18-8-10-34-16-23(18)21-13-19-14-26(35-17-24(19)29(28(21)33)38-31(41)43-32(2,3)4)37-30(40)22-15-20(22)25-9-11-36-39(25)27-7-5-6-12-42-27/h8-11,13-14,16-17,20,22,27H,5-7,12,15H2,1-4H3,(H,38,41)(H,35,37,40). The summed E-state index contributed by atoms with van der Waals surface area (Å²) in [6.45, 7) is 7.77. The first kappa shape index (κ1) is 28.7. The van der Waals surface area contributed by atoms with E-state index in [0.29, 0.717) is 35.2 Å². The lowest BCUT2D eigenvalue weighted by Gasteiger charge is -2.24. The van der Waals surface area contributed by atoms with Crippen LogP contribution in [0.2, 0.25) is 0 Å². The molecule has 1 saturated heterocycles. The Labute approximate surface area is 249 Å². The van der Waals surface area contributed by atoms with Crippen molar-refractivity contribution in [2.45, 2.75) is 71.1 Å². The Bertz CT molecular complexity index is 1690. The molecule has 4 heterocycles. The van der Waals surface area contributed by atoms with Crippen molar-refractivity contribution in [2.75, 3.05) is 17.2 Å². The Hall–Kier alpha value is -4.38. The Morgan fingerprint density at radius 1 is 1.09 bits per heavy atom. The van der Waals surface area contributed by atoms with Crippen molar-refractivity contribution in [3.05, 3.63) is 66.1 Å². The van der Waals surface area contributed by atoms with Gasteiger partial charge in [0, 0.05) is 65.4 Å². The normalized spacial score (nSPS) is 20.1. The molecule has 0 spiro atoms. The average Bonchev–Trinajstić information content (AvgIpc) is 3.62. The van der Waals surface area contributed by atoms with Gasteiger partial charge in [-0.2, -0.15) is 5.10 Å². The summed E-state index contributed by atoms with van der Waals surface area (Å²) in [5.74, 6) is -0.620. The molecule has 3 unspecified atom stereocenters. The number of aryl methyl sites for hydroxylation is 1. The van der Waals surface area contributed by atoms with Crippen LogP contribution in [0.25, 0.3) is 21.9 Å². The van der Waals surface area contributed by atoms with Crippen LogP contribution in [0.15, 0.2) is 49.1 Å². The van der Waals surface area contributed by atoms with Crippen LogP contribution >= 0.6 is 0 Å². The minimum absolute atomic E-state index is 0.0485. The van der Waals surface area contributed by atoms with Crippen molar-refractivity contribution in [1.82, 2.24) is 19.7 Å². The molecule has 2 amide bonds. The molecule has 2 fully saturated rings. The van der Waals surface area contributed by atoms with Crippen molar-refractivity contribution in [2.24, 2.45) is 5.92 Å². The Morgan fingerprint density at radius 3 is 2.67 bits per heavy atom. The number of pyridine rings is 2. The van der Waals surface area contributed by atoms with Crippen LogP contribution in [0, 0.1) is 18.7 Å². The first-order valence-electron chi connectivity index (χ1n) is 14.6. The third-order valence-corrected chi connectivity index (χ3v) is 7.80. The number of fused-ring (bicyclic) bond motifs is 1. The number of aromatic nitrogens is 4. The Kier molecular flexibility index (Phi) is 7.59. The second-order valence-electron chi connectivity index (χ2n) is 12.2. The van der Waals surface area contributed by atoms with Crippen LogP contribution in [0.3, 0.4) is 0 Å². The quantitative estimate of drug-likeness (QED) is 0.257. The zero-order valence-corrected chi connectivity index (χ0v) is 24.7. The summed E-state index contributed by atoms with van der Waals surface area (Å²) in [6, 6.07) is 7.10. The number of anilines is 2. The molecule has 11 heteroatoms. The molecular formula is C32H35FN6O4. The Morgan fingerprint density at radius 2 is 1.93 bits per heavy atom. The van der Waals surface area contributed by atoms with Gasteiger partial charge < -0.3 is 14.8 Å². The summed E-state index contributed by atoms with van der Waals surface area (Å²) in [7, 11) is 0. The molecular weight excluding hydrogens is 551 g/mol. The fraction of sp³-hybridized carbons (Fsp3) is 0.406. The van der Waals surface area contributed by atoms with E-state index < -0.39 is 17.5 Å². The second kappa shape index (κ2) is 11.4. The fourth-order valence-corrected chi connectivity index (χ4v) is 5.62. The highest BCUT2D eigenvalue weighted by Gasteiger charge is 2.46. The molecule has 3 aromatic heterocycles. The van der Waals surface area contributed by atoms with Crippen LogP contribution in [0.5, 0.6) is 0 Å². The lowest BCUT2D eigenvalue weighted by Crippen LogP contribution is -2.27. The minimum atomic E-state index is -0.789. The van der Waals surface area contributed by atoms with Crippen molar-refractivity contribution in [1.29, 1.82) is 0 Å². The second-order valence-corrected chi connectivity index (χ2v) is 12.2. The highest BCUT2D eigenvalue weighted by molar-refractivity contribution is 6.04. The number of ether oxygens (including phenoxy) is 2. The summed E-state index contributed by atoms with van der Waals surface area (Å²) in [4.78, 5) is 34.5. The van der Waals surface area contributed by atoms with Gasteiger partial charge in [-0.3, -0.25) is 15.1 Å². The van der Waals surface area contributed by atoms with E-state index in [4.69, 9.17) is 9.47 Å². The maximum Gasteiger partial charge on any atom is 0.412 e. The van der Waals surface area contributed by atoms with Gasteiger partial charge in [0.15, 0.2) is 5.82 Å². The van der Waals surface area contributed by atoms with E-state index in [9.17, 15) is 9.59 Å². The predicted molar refractivity (Wildman–Crippen MR) is 160 cm³/mol. The number of carbonyl (C=O) groups is 2. The number of rotatable bonds is 6. The lowest BCUT2D eigenvalue weighted by molar-refractivity contribution is -0.117. The maximum atomic E-state index is 16.0. The molecule has 43 heavy (non-hydrogen) atoms. The molecule has 3 atom stereocenters. The molecule has 1 saturated carbocycles. The van der Waals surface area contributed by atoms with E-state index in [1.54, 1.807) is 57.6 Å². The van der Waals surface area contributed by atoms with Crippen LogP contribution in [0.1, 0.15) is 69.9 Å². The zero-order valence-electron chi connectivity index (χ0n) is 24.7. The third kappa shape index (κ3) is 6.08. The van der Waals surface area contributed by atoms with Gasteiger partial charge in [-0.25, -0.2) is 18.9 Å². The number of nitrogens with one attached hydrogen (secondary N) is 2. The van der Waals surface area contributed by atoms with E-state index in [-0.39, 0.29) is 35.2 Å². The van der Waals surface area contributed by atoms with Crippen LogP contribution in [-0.2, 0) is 14.3 Å². The largest absolute Gasteiger partial charge is 0.444 e. The number of carbonyl (C=O) groups excluding carboxylic acids is 2. The van der Waals surface area contributed by atoms with E-state index in [2.05, 4.69) is 25.7 Å². The summed E-state index contributed by atoms with van der Waals surface area (Å²) >= 11 is 0. The predicted octanol–water partition coefficient (Wildman–Crippen LogP) is 6.73. The number of halogens is 1. The van der Waals surface area contributed by atoms with Gasteiger partial charge in [0.1, 0.15) is 17.6 Å². The average molecular weight is 587 g/mol. The summed E-state index contributed by atoms with van der Waals surface area (Å²) in [6.07, 6.45) is 9.29. The number of nitrogens with zero attached hydrogens (tertiary/aromatic N) is 4. The van der Waals surface area contributed by atoms with E-state index in [1.807, 2.05) is 17.7 Å². The van der Waals surface area contributed by atoms with Gasteiger partial charge in [-0.1, -0.05) is 0 Å². The molecule has 4 aromatic rings. The topological polar surface area (TPSA) is 120 Å². The number of hydrogen-bond donors (Lipinski definition) is 2. The van der Waals surface area contributed by atoms with Gasteiger partial charge in [0.05, 0.1) is 5.69 Å². The molecule has 1 aliphatic carbocycles. The van der Waals surface area contributed by atoms with Gasteiger partial charge >= 0.3 is 6.09 Å². The van der Waals surface area contributed by atoms with Crippen molar-refractivity contribution in [3.63, 3.8) is 0 Å². The number of benzene rings is 1. The highest BCUT2D eigenvalue weighted by atomic mass is 19.1. The third-order valence-electron chi connectivity index (χ3n) is 7.80. The molecule has 1 aromatic carbocycles. The fourth-order valence-electron chi connectivity index (χ4n) is 5.62. The van der Waals surface area contributed by atoms with E-state index in [1.165, 1.54) is 6.20 Å². The van der Waals surface area contributed by atoms with Crippen LogP contribution in [-0.4, -0.2) is 44.0 Å². The molecule has 224 valence electrons. The molecule has 10 nitrogen and oxygen atoms in total. The number of hydrogen-bond acceptors (Lipinski definition) is 7. The molecule has 0 bridgehead atoms. The van der Waals surface area contributed by atoms with E-state index in [0.717, 1.165) is 30.5 Å². The summed E-state index contributed by atoms with van der Waals surface area (Å²) in [5, 5.41) is 10.9. The Balaban J connectivity index is 1.28. The summed E-state index contributed by atoms with van der Waals surface area (Å²) < 4.78 is 29.2. The monoisotopic (exact) mass is 586 g/mol. The SMILES string of the molecule is Cc1ccncc1-c1cc2cc(NC(=O)C3CC3c3ccnn3C3CCCCO3)ncc2c(NC(=O)OC(C)(C)C)c1F. The first-order chi connectivity index (χ1) is 20.6. The van der Waals surface area contributed by atoms with Gasteiger partial charge in [0.25, 0.3) is 0 Å². The molecule has 2 aliphatic rings. The minimum Gasteiger partial charge on any atom is -0.444 e. The highest BCUT2D eigenvalue weighted by Crippen LogP contribution is 2.49. The van der Waals surface area contributed by atoms with Crippen LogP contribution in [0.4, 0.5) is 20.7 Å². The van der Waals surface area contributed by atoms with E-state index >= 15 is 4.39 Å². The van der Waals surface area contributed by atoms with Crippen molar-refractivity contribution in [3.8, 4) is 11.1 Å². The molecule has 0 radical (unpaired) electrons. The zero-order chi connectivity index (χ0) is 30.3. The first-order valence-corrected chi connectivity index (χ1v) is 14.6. The van der Waals surface area contributed by atoms with Crippen molar-refractivity contribution >= 4 is 34.3 Å². The molecule has 2 N–H and O–H groups in total. The van der Waals surface area contributed by atoms with Gasteiger partial charge in [-0.15, -0.1) is 0 Å². The smallest absolute Gasteiger partial charge is 0.412 e. The maximum absolute atomic E-state index is 16.0. The van der Waals surface area contributed by atoms with Gasteiger partial charge in [-0.05, 0) is 88.6 Å². The number of amides is 2.